The molecular formula is C14H17NO4. The van der Waals surface area contributed by atoms with Gasteiger partial charge < -0.3 is 14.8 Å². The van der Waals surface area contributed by atoms with Gasteiger partial charge in [0.25, 0.3) is 0 Å². The van der Waals surface area contributed by atoms with E-state index in [2.05, 4.69) is 10.1 Å². The molecule has 5 heteroatoms. The van der Waals surface area contributed by atoms with E-state index in [1.807, 2.05) is 24.3 Å². The Morgan fingerprint density at radius 3 is 2.47 bits per heavy atom. The van der Waals surface area contributed by atoms with Crippen LogP contribution in [0.25, 0.3) is 0 Å². The molecule has 1 N–H and O–H groups in total. The van der Waals surface area contributed by atoms with E-state index < -0.39 is 5.97 Å². The van der Waals surface area contributed by atoms with E-state index in [-0.39, 0.29) is 12.5 Å². The summed E-state index contributed by atoms with van der Waals surface area (Å²) >= 11 is 0. The number of hydrogen-bond acceptors (Lipinski definition) is 4. The van der Waals surface area contributed by atoms with Crippen molar-refractivity contribution in [1.82, 2.24) is 5.32 Å². The van der Waals surface area contributed by atoms with Crippen molar-refractivity contribution < 1.29 is 19.1 Å². The summed E-state index contributed by atoms with van der Waals surface area (Å²) in [7, 11) is 1.59. The van der Waals surface area contributed by atoms with Gasteiger partial charge in [0.15, 0.2) is 0 Å². The topological polar surface area (TPSA) is 64.6 Å². The van der Waals surface area contributed by atoms with Gasteiger partial charge in [0.1, 0.15) is 5.75 Å². The molecule has 0 aliphatic rings. The highest BCUT2D eigenvalue weighted by Crippen LogP contribution is 2.10. The first-order chi connectivity index (χ1) is 9.15. The van der Waals surface area contributed by atoms with Crippen molar-refractivity contribution in [3.05, 3.63) is 42.0 Å². The molecule has 0 unspecified atom stereocenters. The van der Waals surface area contributed by atoms with Crippen molar-refractivity contribution in [2.45, 2.75) is 13.5 Å². The van der Waals surface area contributed by atoms with Crippen LogP contribution >= 0.6 is 0 Å². The molecule has 0 heterocycles. The fourth-order valence-electron chi connectivity index (χ4n) is 1.33. The molecule has 0 atom stereocenters. The summed E-state index contributed by atoms with van der Waals surface area (Å²) in [6.45, 7) is 2.38. The monoisotopic (exact) mass is 263 g/mol. The summed E-state index contributed by atoms with van der Waals surface area (Å²) in [5.74, 6) is -0.108. The van der Waals surface area contributed by atoms with Crippen LogP contribution in [0.5, 0.6) is 5.75 Å². The van der Waals surface area contributed by atoms with Gasteiger partial charge in [-0.3, -0.25) is 4.79 Å². The second-order valence-electron chi connectivity index (χ2n) is 3.65. The molecule has 0 spiro atoms. The lowest BCUT2D eigenvalue weighted by Gasteiger charge is -2.04. The normalized spacial score (nSPS) is 10.2. The molecule has 0 fully saturated rings. The zero-order valence-electron chi connectivity index (χ0n) is 11.0. The van der Waals surface area contributed by atoms with Gasteiger partial charge in [0.2, 0.25) is 5.91 Å². The SMILES string of the molecule is CCOC(=O)/C=C/C(=O)NCc1ccc(OC)cc1. The molecule has 0 radical (unpaired) electrons. The van der Waals surface area contributed by atoms with E-state index >= 15 is 0 Å². The predicted molar refractivity (Wildman–Crippen MR) is 70.6 cm³/mol. The zero-order chi connectivity index (χ0) is 14.1. The minimum atomic E-state index is -0.526. The Morgan fingerprint density at radius 2 is 1.89 bits per heavy atom. The number of rotatable bonds is 6. The van der Waals surface area contributed by atoms with E-state index in [9.17, 15) is 9.59 Å². The van der Waals surface area contributed by atoms with Crippen LogP contribution in [0.3, 0.4) is 0 Å². The van der Waals surface area contributed by atoms with E-state index in [0.29, 0.717) is 6.54 Å². The highest BCUT2D eigenvalue weighted by molar-refractivity contribution is 5.94. The average Bonchev–Trinajstić information content (AvgIpc) is 2.44. The lowest BCUT2D eigenvalue weighted by Crippen LogP contribution is -2.20. The number of esters is 1. The molecule has 0 bridgehead atoms. The van der Waals surface area contributed by atoms with Gasteiger partial charge in [-0.2, -0.15) is 0 Å². The van der Waals surface area contributed by atoms with E-state index in [1.165, 1.54) is 0 Å². The third kappa shape index (κ3) is 5.72. The number of carbonyl (C=O) groups excluding carboxylic acids is 2. The molecule has 0 aromatic heterocycles. The van der Waals surface area contributed by atoms with Crippen molar-refractivity contribution in [2.75, 3.05) is 13.7 Å². The highest BCUT2D eigenvalue weighted by Gasteiger charge is 1.99. The Kier molecular flexibility index (Phi) is 6.15. The summed E-state index contributed by atoms with van der Waals surface area (Å²) in [5, 5.41) is 2.66. The van der Waals surface area contributed by atoms with Crippen molar-refractivity contribution >= 4 is 11.9 Å². The maximum atomic E-state index is 11.4. The molecule has 0 aliphatic heterocycles. The highest BCUT2D eigenvalue weighted by atomic mass is 16.5. The van der Waals surface area contributed by atoms with Gasteiger partial charge in [-0.25, -0.2) is 4.79 Å². The number of carbonyl (C=O) groups is 2. The maximum absolute atomic E-state index is 11.4. The van der Waals surface area contributed by atoms with Crippen molar-refractivity contribution in [1.29, 1.82) is 0 Å². The van der Waals surface area contributed by atoms with Gasteiger partial charge in [-0.15, -0.1) is 0 Å². The lowest BCUT2D eigenvalue weighted by molar-refractivity contribution is -0.137. The summed E-state index contributed by atoms with van der Waals surface area (Å²) in [6.07, 6.45) is 2.26. The van der Waals surface area contributed by atoms with Crippen LogP contribution in [0.1, 0.15) is 12.5 Å². The minimum Gasteiger partial charge on any atom is -0.497 e. The standard InChI is InChI=1S/C14H17NO4/c1-3-19-14(17)9-8-13(16)15-10-11-4-6-12(18-2)7-5-11/h4-9H,3,10H2,1-2H3,(H,15,16)/b9-8+. The number of methoxy groups -OCH3 is 1. The van der Waals surface area contributed by atoms with Crippen molar-refractivity contribution in [2.24, 2.45) is 0 Å². The van der Waals surface area contributed by atoms with E-state index in [1.54, 1.807) is 14.0 Å². The molecule has 1 rings (SSSR count). The fourth-order valence-corrected chi connectivity index (χ4v) is 1.33. The van der Waals surface area contributed by atoms with Crippen LogP contribution < -0.4 is 10.1 Å². The number of hydrogen-bond donors (Lipinski definition) is 1. The second kappa shape index (κ2) is 7.92. The molecule has 5 nitrogen and oxygen atoms in total. The first-order valence-electron chi connectivity index (χ1n) is 5.91. The molecule has 1 aromatic carbocycles. The maximum Gasteiger partial charge on any atom is 0.330 e. The van der Waals surface area contributed by atoms with Crippen LogP contribution in [0.15, 0.2) is 36.4 Å². The number of nitrogens with one attached hydrogen (secondary N) is 1. The first-order valence-corrected chi connectivity index (χ1v) is 5.91. The average molecular weight is 263 g/mol. The predicted octanol–water partition coefficient (Wildman–Crippen LogP) is 1.43. The summed E-state index contributed by atoms with van der Waals surface area (Å²) in [4.78, 5) is 22.4. The largest absolute Gasteiger partial charge is 0.497 e. The Bertz CT molecular complexity index is 451. The van der Waals surface area contributed by atoms with Crippen LogP contribution in [-0.2, 0) is 20.9 Å². The molecular weight excluding hydrogens is 246 g/mol. The molecule has 1 amide bonds. The smallest absolute Gasteiger partial charge is 0.330 e. The summed E-state index contributed by atoms with van der Waals surface area (Å²) < 4.78 is 9.69. The Labute approximate surface area is 112 Å². The quantitative estimate of drug-likeness (QED) is 0.623. The molecule has 0 saturated carbocycles. The minimum absolute atomic E-state index is 0.288. The molecule has 1 aromatic rings. The summed E-state index contributed by atoms with van der Waals surface area (Å²) in [5.41, 5.74) is 0.943. The van der Waals surface area contributed by atoms with Gasteiger partial charge in [-0.1, -0.05) is 12.1 Å². The Hall–Kier alpha value is -2.30. The van der Waals surface area contributed by atoms with Gasteiger partial charge in [-0.05, 0) is 24.6 Å². The van der Waals surface area contributed by atoms with Gasteiger partial charge in [0.05, 0.1) is 13.7 Å². The van der Waals surface area contributed by atoms with Crippen molar-refractivity contribution in [3.63, 3.8) is 0 Å². The van der Waals surface area contributed by atoms with E-state index in [0.717, 1.165) is 23.5 Å². The van der Waals surface area contributed by atoms with Crippen LogP contribution in [0.4, 0.5) is 0 Å². The molecule has 102 valence electrons. The zero-order valence-corrected chi connectivity index (χ0v) is 11.0. The van der Waals surface area contributed by atoms with Crippen molar-refractivity contribution in [3.8, 4) is 5.75 Å². The number of amides is 1. The summed E-state index contributed by atoms with van der Waals surface area (Å²) in [6, 6.07) is 7.34. The second-order valence-corrected chi connectivity index (χ2v) is 3.65. The molecule has 19 heavy (non-hydrogen) atoms. The molecule has 0 saturated heterocycles. The van der Waals surface area contributed by atoms with Crippen LogP contribution in [0, 0.1) is 0 Å². The fraction of sp³-hybridized carbons (Fsp3) is 0.286. The number of benzene rings is 1. The first kappa shape index (κ1) is 14.8. The van der Waals surface area contributed by atoms with E-state index in [4.69, 9.17) is 4.74 Å². The number of ether oxygens (including phenoxy) is 2. The lowest BCUT2D eigenvalue weighted by atomic mass is 10.2. The van der Waals surface area contributed by atoms with Gasteiger partial charge in [0, 0.05) is 18.7 Å². The van der Waals surface area contributed by atoms with Gasteiger partial charge >= 0.3 is 5.97 Å². The molecule has 0 aliphatic carbocycles. The third-order valence-corrected chi connectivity index (χ3v) is 2.28. The van der Waals surface area contributed by atoms with Crippen LogP contribution in [-0.4, -0.2) is 25.6 Å². The Balaban J connectivity index is 2.39. The third-order valence-electron chi connectivity index (χ3n) is 2.28. The Morgan fingerprint density at radius 1 is 1.21 bits per heavy atom. The van der Waals surface area contributed by atoms with Crippen LogP contribution in [0.2, 0.25) is 0 Å².